The molecule has 0 aliphatic rings. The molecule has 0 fully saturated rings. The largest absolute Gasteiger partial charge is 0.391 e. The van der Waals surface area contributed by atoms with E-state index in [1.807, 2.05) is 13.1 Å². The number of aliphatic hydroxyl groups is 1. The van der Waals surface area contributed by atoms with E-state index in [0.29, 0.717) is 0 Å². The minimum absolute atomic E-state index is 0.0302. The van der Waals surface area contributed by atoms with Crippen molar-refractivity contribution in [3.8, 4) is 0 Å². The Morgan fingerprint density at radius 2 is 2.27 bits per heavy atom. The quantitative estimate of drug-likeness (QED) is 0.682. The predicted molar refractivity (Wildman–Crippen MR) is 58.4 cm³/mol. The summed E-state index contributed by atoms with van der Waals surface area (Å²) < 4.78 is 1.70. The monoisotopic (exact) mass is 212 g/mol. The number of hydrogen-bond acceptors (Lipinski definition) is 4. The van der Waals surface area contributed by atoms with Crippen molar-refractivity contribution >= 4 is 0 Å². The first-order chi connectivity index (χ1) is 7.15. The zero-order valence-corrected chi connectivity index (χ0v) is 9.64. The molecule has 0 spiro atoms. The van der Waals surface area contributed by atoms with Gasteiger partial charge in [0.25, 0.3) is 0 Å². The van der Waals surface area contributed by atoms with Crippen LogP contribution in [0.5, 0.6) is 0 Å². The van der Waals surface area contributed by atoms with Gasteiger partial charge in [-0.05, 0) is 26.8 Å². The number of hydrogen-bond donors (Lipinski definition) is 2. The van der Waals surface area contributed by atoms with Crippen molar-refractivity contribution < 1.29 is 5.11 Å². The van der Waals surface area contributed by atoms with Gasteiger partial charge < -0.3 is 10.4 Å². The van der Waals surface area contributed by atoms with Crippen LogP contribution in [-0.4, -0.2) is 32.7 Å². The van der Waals surface area contributed by atoms with Crippen molar-refractivity contribution in [2.45, 2.75) is 45.9 Å². The molecule has 5 heteroatoms. The molecule has 1 heterocycles. The molecule has 0 amide bonds. The van der Waals surface area contributed by atoms with E-state index in [4.69, 9.17) is 0 Å². The zero-order valence-electron chi connectivity index (χ0n) is 9.64. The van der Waals surface area contributed by atoms with E-state index in [1.165, 1.54) is 0 Å². The SMILES string of the molecule is CCCNCc1cn(C(C)C(C)O)nn1. The van der Waals surface area contributed by atoms with E-state index < -0.39 is 6.10 Å². The summed E-state index contributed by atoms with van der Waals surface area (Å²) in [7, 11) is 0. The van der Waals surface area contributed by atoms with Gasteiger partial charge in [-0.15, -0.1) is 5.10 Å². The first-order valence-corrected chi connectivity index (χ1v) is 5.44. The van der Waals surface area contributed by atoms with Crippen LogP contribution in [0.25, 0.3) is 0 Å². The molecule has 0 aromatic carbocycles. The fourth-order valence-corrected chi connectivity index (χ4v) is 1.21. The van der Waals surface area contributed by atoms with Gasteiger partial charge in [0.1, 0.15) is 0 Å². The standard InChI is InChI=1S/C10H20N4O/c1-4-5-11-6-10-7-14(13-12-10)8(2)9(3)15/h7-9,11,15H,4-6H2,1-3H3. The lowest BCUT2D eigenvalue weighted by Crippen LogP contribution is -2.18. The summed E-state index contributed by atoms with van der Waals surface area (Å²) in [6.45, 7) is 7.52. The molecule has 0 saturated heterocycles. The van der Waals surface area contributed by atoms with E-state index in [9.17, 15) is 5.11 Å². The average molecular weight is 212 g/mol. The maximum atomic E-state index is 9.39. The molecular weight excluding hydrogens is 192 g/mol. The molecule has 0 aliphatic carbocycles. The molecule has 2 atom stereocenters. The number of nitrogens with zero attached hydrogens (tertiary/aromatic N) is 3. The van der Waals surface area contributed by atoms with Gasteiger partial charge in [0.15, 0.2) is 0 Å². The Bertz CT molecular complexity index is 285. The van der Waals surface area contributed by atoms with E-state index in [1.54, 1.807) is 11.6 Å². The normalized spacial score (nSPS) is 15.2. The topological polar surface area (TPSA) is 63.0 Å². The number of aromatic nitrogens is 3. The Balaban J connectivity index is 2.48. The molecule has 1 rings (SSSR count). The van der Waals surface area contributed by atoms with E-state index in [-0.39, 0.29) is 6.04 Å². The second kappa shape index (κ2) is 5.82. The van der Waals surface area contributed by atoms with Crippen LogP contribution in [0.4, 0.5) is 0 Å². The number of rotatable bonds is 6. The molecule has 2 unspecified atom stereocenters. The van der Waals surface area contributed by atoms with Crippen molar-refractivity contribution in [1.29, 1.82) is 0 Å². The third kappa shape index (κ3) is 3.60. The van der Waals surface area contributed by atoms with Crippen molar-refractivity contribution in [1.82, 2.24) is 20.3 Å². The summed E-state index contributed by atoms with van der Waals surface area (Å²) in [5, 5.41) is 20.7. The fraction of sp³-hybridized carbons (Fsp3) is 0.800. The zero-order chi connectivity index (χ0) is 11.3. The summed E-state index contributed by atoms with van der Waals surface area (Å²) in [6, 6.07) is -0.0302. The Morgan fingerprint density at radius 3 is 2.87 bits per heavy atom. The second-order valence-corrected chi connectivity index (χ2v) is 3.85. The van der Waals surface area contributed by atoms with Crippen molar-refractivity contribution in [3.05, 3.63) is 11.9 Å². The molecule has 5 nitrogen and oxygen atoms in total. The van der Waals surface area contributed by atoms with Gasteiger partial charge in [0.2, 0.25) is 0 Å². The Kier molecular flexibility index (Phi) is 4.71. The molecule has 2 N–H and O–H groups in total. The third-order valence-corrected chi connectivity index (χ3v) is 2.41. The highest BCUT2D eigenvalue weighted by Crippen LogP contribution is 2.08. The van der Waals surface area contributed by atoms with Crippen LogP contribution in [0, 0.1) is 0 Å². The minimum atomic E-state index is -0.414. The predicted octanol–water partition coefficient (Wildman–Crippen LogP) is 0.719. The van der Waals surface area contributed by atoms with Crippen LogP contribution in [0.1, 0.15) is 38.9 Å². The fourth-order valence-electron chi connectivity index (χ4n) is 1.21. The van der Waals surface area contributed by atoms with Gasteiger partial charge in [-0.1, -0.05) is 12.1 Å². The second-order valence-electron chi connectivity index (χ2n) is 3.85. The molecule has 0 radical (unpaired) electrons. The van der Waals surface area contributed by atoms with Crippen LogP contribution in [0.2, 0.25) is 0 Å². The summed E-state index contributed by atoms with van der Waals surface area (Å²) in [4.78, 5) is 0. The van der Waals surface area contributed by atoms with Crippen molar-refractivity contribution in [2.75, 3.05) is 6.54 Å². The van der Waals surface area contributed by atoms with Gasteiger partial charge in [-0.25, -0.2) is 4.68 Å². The maximum Gasteiger partial charge on any atom is 0.0964 e. The van der Waals surface area contributed by atoms with E-state index in [0.717, 1.165) is 25.2 Å². The lowest BCUT2D eigenvalue weighted by Gasteiger charge is -2.13. The van der Waals surface area contributed by atoms with Gasteiger partial charge >= 0.3 is 0 Å². The third-order valence-electron chi connectivity index (χ3n) is 2.41. The minimum Gasteiger partial charge on any atom is -0.391 e. The molecule has 1 aromatic heterocycles. The molecular formula is C10H20N4O. The van der Waals surface area contributed by atoms with Crippen LogP contribution >= 0.6 is 0 Å². The summed E-state index contributed by atoms with van der Waals surface area (Å²) in [5.41, 5.74) is 0.913. The smallest absolute Gasteiger partial charge is 0.0964 e. The highest BCUT2D eigenvalue weighted by Gasteiger charge is 2.12. The van der Waals surface area contributed by atoms with Crippen LogP contribution < -0.4 is 5.32 Å². The molecule has 1 aromatic rings. The molecule has 86 valence electrons. The first-order valence-electron chi connectivity index (χ1n) is 5.44. The first kappa shape index (κ1) is 12.1. The highest BCUT2D eigenvalue weighted by atomic mass is 16.3. The molecule has 0 aliphatic heterocycles. The molecule has 0 bridgehead atoms. The maximum absolute atomic E-state index is 9.39. The molecule has 0 saturated carbocycles. The lowest BCUT2D eigenvalue weighted by molar-refractivity contribution is 0.131. The van der Waals surface area contributed by atoms with Gasteiger partial charge in [-0.2, -0.15) is 0 Å². The van der Waals surface area contributed by atoms with Crippen LogP contribution in [0.3, 0.4) is 0 Å². The van der Waals surface area contributed by atoms with E-state index in [2.05, 4.69) is 22.6 Å². The van der Waals surface area contributed by atoms with Crippen LogP contribution in [0.15, 0.2) is 6.20 Å². The van der Waals surface area contributed by atoms with Crippen LogP contribution in [-0.2, 0) is 6.54 Å². The van der Waals surface area contributed by atoms with Gasteiger partial charge in [0, 0.05) is 6.54 Å². The Hall–Kier alpha value is -0.940. The Morgan fingerprint density at radius 1 is 1.53 bits per heavy atom. The van der Waals surface area contributed by atoms with Crippen molar-refractivity contribution in [3.63, 3.8) is 0 Å². The lowest BCUT2D eigenvalue weighted by atomic mass is 10.2. The average Bonchev–Trinajstić information content (AvgIpc) is 2.65. The summed E-state index contributed by atoms with van der Waals surface area (Å²) in [6.07, 6.45) is 2.57. The summed E-state index contributed by atoms with van der Waals surface area (Å²) >= 11 is 0. The van der Waals surface area contributed by atoms with Gasteiger partial charge in [-0.3, -0.25) is 0 Å². The van der Waals surface area contributed by atoms with Crippen molar-refractivity contribution in [2.24, 2.45) is 0 Å². The number of nitrogens with one attached hydrogen (secondary N) is 1. The number of aliphatic hydroxyl groups excluding tert-OH is 1. The Labute approximate surface area is 90.5 Å². The molecule has 15 heavy (non-hydrogen) atoms. The summed E-state index contributed by atoms with van der Waals surface area (Å²) in [5.74, 6) is 0. The van der Waals surface area contributed by atoms with E-state index >= 15 is 0 Å². The highest BCUT2D eigenvalue weighted by molar-refractivity contribution is 4.92. The van der Waals surface area contributed by atoms with Gasteiger partial charge in [0.05, 0.1) is 24.0 Å².